The van der Waals surface area contributed by atoms with E-state index in [-0.39, 0.29) is 11.2 Å². The van der Waals surface area contributed by atoms with E-state index < -0.39 is 0 Å². The van der Waals surface area contributed by atoms with Crippen molar-refractivity contribution in [2.24, 2.45) is 0 Å². The largest absolute Gasteiger partial charge is 0.207 e. The highest BCUT2D eigenvalue weighted by Crippen LogP contribution is 2.26. The molecule has 0 fully saturated rings. The fourth-order valence-corrected chi connectivity index (χ4v) is 2.23. The third-order valence-corrected chi connectivity index (χ3v) is 3.49. The lowest BCUT2D eigenvalue weighted by atomic mass is 10.0. The predicted molar refractivity (Wildman–Crippen MR) is 74.6 cm³/mol. The van der Waals surface area contributed by atoms with Crippen molar-refractivity contribution in [1.29, 1.82) is 0 Å². The van der Waals surface area contributed by atoms with Crippen LogP contribution in [0, 0.1) is 19.7 Å². The maximum Gasteiger partial charge on any atom is 0.126 e. The van der Waals surface area contributed by atoms with E-state index >= 15 is 0 Å². The first-order valence-electron chi connectivity index (χ1n) is 6.02. The third-order valence-electron chi connectivity index (χ3n) is 3.08. The molecule has 2 rings (SSSR count). The summed E-state index contributed by atoms with van der Waals surface area (Å²) in [6.07, 6.45) is 0.757. The van der Waals surface area contributed by atoms with Gasteiger partial charge in [0.1, 0.15) is 5.82 Å². The van der Waals surface area contributed by atoms with Crippen LogP contribution in [0.2, 0.25) is 0 Å². The van der Waals surface area contributed by atoms with Crippen molar-refractivity contribution in [2.75, 3.05) is 0 Å². The van der Waals surface area contributed by atoms with Crippen LogP contribution in [-0.2, 0) is 6.42 Å². The molecule has 2 aromatic carbocycles. The summed E-state index contributed by atoms with van der Waals surface area (Å²) >= 11 is 6.38. The van der Waals surface area contributed by atoms with Gasteiger partial charge in [-0.2, -0.15) is 0 Å². The van der Waals surface area contributed by atoms with E-state index in [1.165, 1.54) is 17.2 Å². The zero-order valence-electron chi connectivity index (χ0n) is 10.6. The molecule has 0 aliphatic heterocycles. The molecule has 2 aromatic rings. The average molecular weight is 263 g/mol. The minimum Gasteiger partial charge on any atom is -0.207 e. The molecule has 18 heavy (non-hydrogen) atoms. The molecule has 0 saturated carbocycles. The topological polar surface area (TPSA) is 0 Å². The second-order valence-electron chi connectivity index (χ2n) is 4.67. The van der Waals surface area contributed by atoms with Gasteiger partial charge in [0.25, 0.3) is 0 Å². The van der Waals surface area contributed by atoms with Crippen molar-refractivity contribution >= 4 is 11.6 Å². The van der Waals surface area contributed by atoms with E-state index in [0.29, 0.717) is 5.56 Å². The molecule has 0 N–H and O–H groups in total. The summed E-state index contributed by atoms with van der Waals surface area (Å²) in [6.45, 7) is 3.82. The molecule has 0 spiro atoms. The lowest BCUT2D eigenvalue weighted by molar-refractivity contribution is 0.617. The van der Waals surface area contributed by atoms with Crippen LogP contribution in [-0.4, -0.2) is 0 Å². The van der Waals surface area contributed by atoms with Gasteiger partial charge in [0, 0.05) is 0 Å². The molecule has 94 valence electrons. The zero-order chi connectivity index (χ0) is 13.1. The molecular weight excluding hydrogens is 247 g/mol. The lowest BCUT2D eigenvalue weighted by Gasteiger charge is -2.11. The third kappa shape index (κ3) is 3.11. The van der Waals surface area contributed by atoms with Gasteiger partial charge in [0.15, 0.2) is 0 Å². The minimum absolute atomic E-state index is 0.119. The molecule has 0 aliphatic rings. The monoisotopic (exact) mass is 262 g/mol. The predicted octanol–water partition coefficient (Wildman–Crippen LogP) is 4.97. The number of hydrogen-bond donors (Lipinski definition) is 0. The van der Waals surface area contributed by atoms with Gasteiger partial charge < -0.3 is 0 Å². The number of alkyl halides is 1. The summed E-state index contributed by atoms with van der Waals surface area (Å²) < 4.78 is 13.2. The Labute approximate surface area is 112 Å². The summed E-state index contributed by atoms with van der Waals surface area (Å²) in [5, 5.41) is -0.119. The first-order valence-corrected chi connectivity index (χ1v) is 6.45. The standard InChI is InChI=1S/C16H16ClF/c1-11-3-5-13(6-4-11)10-15(17)14-7-8-16(18)12(2)9-14/h3-9,15H,10H2,1-2H3. The maximum absolute atomic E-state index is 13.2. The summed E-state index contributed by atoms with van der Waals surface area (Å²) in [4.78, 5) is 0. The molecular formula is C16H16ClF. The Bertz CT molecular complexity index is 531. The highest BCUT2D eigenvalue weighted by molar-refractivity contribution is 6.20. The zero-order valence-corrected chi connectivity index (χ0v) is 11.3. The Morgan fingerprint density at radius 1 is 1.06 bits per heavy atom. The molecule has 2 heteroatoms. The fraction of sp³-hybridized carbons (Fsp3) is 0.250. The second kappa shape index (κ2) is 5.53. The van der Waals surface area contributed by atoms with Crippen LogP contribution in [0.25, 0.3) is 0 Å². The molecule has 0 aliphatic carbocycles. The Balaban J connectivity index is 2.13. The van der Waals surface area contributed by atoms with Gasteiger partial charge in [-0.25, -0.2) is 4.39 Å². The molecule has 0 nitrogen and oxygen atoms in total. The van der Waals surface area contributed by atoms with Gasteiger partial charge in [-0.1, -0.05) is 42.0 Å². The van der Waals surface area contributed by atoms with Gasteiger partial charge in [0.05, 0.1) is 5.38 Å². The molecule has 0 amide bonds. The summed E-state index contributed by atoms with van der Waals surface area (Å²) in [5.41, 5.74) is 4.04. The van der Waals surface area contributed by atoms with Crippen molar-refractivity contribution in [3.63, 3.8) is 0 Å². The van der Waals surface area contributed by atoms with Gasteiger partial charge in [-0.3, -0.25) is 0 Å². The van der Waals surface area contributed by atoms with E-state index in [1.54, 1.807) is 13.0 Å². The SMILES string of the molecule is Cc1ccc(CC(Cl)c2ccc(F)c(C)c2)cc1. The normalized spacial score (nSPS) is 12.4. The second-order valence-corrected chi connectivity index (χ2v) is 5.19. The molecule has 0 radical (unpaired) electrons. The first-order chi connectivity index (χ1) is 8.56. The Kier molecular flexibility index (Phi) is 4.03. The average Bonchev–Trinajstić information content (AvgIpc) is 2.35. The van der Waals surface area contributed by atoms with E-state index in [0.717, 1.165) is 12.0 Å². The molecule has 0 aromatic heterocycles. The van der Waals surface area contributed by atoms with Gasteiger partial charge in [0.2, 0.25) is 0 Å². The van der Waals surface area contributed by atoms with Crippen LogP contribution in [0.5, 0.6) is 0 Å². The van der Waals surface area contributed by atoms with Crippen molar-refractivity contribution in [1.82, 2.24) is 0 Å². The van der Waals surface area contributed by atoms with Crippen LogP contribution >= 0.6 is 11.6 Å². The minimum atomic E-state index is -0.182. The quantitative estimate of drug-likeness (QED) is 0.686. The van der Waals surface area contributed by atoms with Gasteiger partial charge in [-0.05, 0) is 43.0 Å². The van der Waals surface area contributed by atoms with Crippen molar-refractivity contribution in [3.8, 4) is 0 Å². The number of rotatable bonds is 3. The number of aryl methyl sites for hydroxylation is 2. The van der Waals surface area contributed by atoms with Crippen LogP contribution in [0.15, 0.2) is 42.5 Å². The van der Waals surface area contributed by atoms with Crippen molar-refractivity contribution in [2.45, 2.75) is 25.6 Å². The first kappa shape index (κ1) is 13.1. The number of benzene rings is 2. The molecule has 0 saturated heterocycles. The maximum atomic E-state index is 13.2. The smallest absolute Gasteiger partial charge is 0.126 e. The Morgan fingerprint density at radius 2 is 1.72 bits per heavy atom. The summed E-state index contributed by atoms with van der Waals surface area (Å²) in [5.74, 6) is -0.182. The van der Waals surface area contributed by atoms with Crippen molar-refractivity contribution in [3.05, 3.63) is 70.5 Å². The highest BCUT2D eigenvalue weighted by atomic mass is 35.5. The highest BCUT2D eigenvalue weighted by Gasteiger charge is 2.10. The fourth-order valence-electron chi connectivity index (χ4n) is 1.91. The van der Waals surface area contributed by atoms with E-state index in [4.69, 9.17) is 11.6 Å². The van der Waals surface area contributed by atoms with Crippen LogP contribution in [0.4, 0.5) is 4.39 Å². The van der Waals surface area contributed by atoms with Crippen molar-refractivity contribution < 1.29 is 4.39 Å². The van der Waals surface area contributed by atoms with Crippen LogP contribution in [0.1, 0.15) is 27.6 Å². The van der Waals surface area contributed by atoms with E-state index in [9.17, 15) is 4.39 Å². The Hall–Kier alpha value is -1.34. The number of halogens is 2. The molecule has 0 heterocycles. The number of hydrogen-bond acceptors (Lipinski definition) is 0. The lowest BCUT2D eigenvalue weighted by Crippen LogP contribution is -1.97. The molecule has 1 unspecified atom stereocenters. The van der Waals surface area contributed by atoms with Gasteiger partial charge in [-0.15, -0.1) is 11.6 Å². The molecule has 0 bridgehead atoms. The summed E-state index contributed by atoms with van der Waals surface area (Å²) in [6, 6.07) is 13.4. The van der Waals surface area contributed by atoms with E-state index in [1.807, 2.05) is 6.07 Å². The van der Waals surface area contributed by atoms with E-state index in [2.05, 4.69) is 31.2 Å². The van der Waals surface area contributed by atoms with Crippen LogP contribution in [0.3, 0.4) is 0 Å². The summed E-state index contributed by atoms with van der Waals surface area (Å²) in [7, 11) is 0. The Morgan fingerprint density at radius 3 is 2.33 bits per heavy atom. The van der Waals surface area contributed by atoms with Crippen LogP contribution < -0.4 is 0 Å². The van der Waals surface area contributed by atoms with Gasteiger partial charge >= 0.3 is 0 Å². The molecule has 1 atom stereocenters.